The Kier molecular flexibility index (Phi) is 6.90. The molecule has 1 amide bonds. The van der Waals surface area contributed by atoms with Gasteiger partial charge in [-0.3, -0.25) is 4.79 Å². The third-order valence-electron chi connectivity index (χ3n) is 3.63. The number of halogens is 5. The second kappa shape index (κ2) is 8.96. The van der Waals surface area contributed by atoms with Gasteiger partial charge in [0.25, 0.3) is 5.91 Å². The molecule has 0 saturated carbocycles. The second-order valence-electron chi connectivity index (χ2n) is 5.30. The van der Waals surface area contributed by atoms with E-state index in [2.05, 4.69) is 0 Å². The zero-order valence-electron chi connectivity index (χ0n) is 14.6. The Hall–Kier alpha value is -2.75. The van der Waals surface area contributed by atoms with E-state index in [9.17, 15) is 26.7 Å². The molecule has 0 aromatic heterocycles. The molecule has 0 aliphatic carbocycles. The molecule has 28 heavy (non-hydrogen) atoms. The third-order valence-corrected chi connectivity index (χ3v) is 4.72. The summed E-state index contributed by atoms with van der Waals surface area (Å²) in [5, 5.41) is 0. The molecule has 0 fully saturated rings. The number of thioether (sulfide) groups is 1. The fourth-order valence-electron chi connectivity index (χ4n) is 2.29. The summed E-state index contributed by atoms with van der Waals surface area (Å²) in [5.74, 6) is -10.9. The van der Waals surface area contributed by atoms with Gasteiger partial charge in [-0.2, -0.15) is 0 Å². The topological polar surface area (TPSA) is 61.5 Å². The highest BCUT2D eigenvalue weighted by atomic mass is 32.2. The van der Waals surface area contributed by atoms with Gasteiger partial charge < -0.3 is 15.2 Å². The second-order valence-corrected chi connectivity index (χ2v) is 6.31. The van der Waals surface area contributed by atoms with E-state index in [-0.39, 0.29) is 5.75 Å². The summed E-state index contributed by atoms with van der Waals surface area (Å²) in [4.78, 5) is 11.2. The van der Waals surface area contributed by atoms with Crippen LogP contribution in [0.25, 0.3) is 6.08 Å². The Morgan fingerprint density at radius 1 is 1.00 bits per heavy atom. The Bertz CT molecular complexity index is 920. The zero-order valence-corrected chi connectivity index (χ0v) is 15.4. The van der Waals surface area contributed by atoms with Gasteiger partial charge in [0.15, 0.2) is 34.8 Å². The van der Waals surface area contributed by atoms with Crippen LogP contribution in [0.15, 0.2) is 23.1 Å². The molecule has 0 heterocycles. The van der Waals surface area contributed by atoms with Crippen molar-refractivity contribution in [2.45, 2.75) is 5.75 Å². The summed E-state index contributed by atoms with van der Waals surface area (Å²) in [6.07, 6.45) is 0.524. The van der Waals surface area contributed by atoms with Crippen molar-refractivity contribution in [1.82, 2.24) is 0 Å². The number of para-hydroxylation sites is 1. The minimum atomic E-state index is -2.29. The van der Waals surface area contributed by atoms with Gasteiger partial charge in [-0.25, -0.2) is 22.0 Å². The van der Waals surface area contributed by atoms with Crippen molar-refractivity contribution in [3.05, 3.63) is 63.3 Å². The minimum absolute atomic E-state index is 0.0462. The van der Waals surface area contributed by atoms with Crippen LogP contribution < -0.4 is 15.2 Å². The summed E-state index contributed by atoms with van der Waals surface area (Å²) >= 11 is 0.739. The van der Waals surface area contributed by atoms with Gasteiger partial charge in [0.2, 0.25) is 5.82 Å². The normalized spacial score (nSPS) is 11.5. The number of nitrogens with two attached hydrogens (primary N) is 1. The number of primary amides is 1. The molecule has 0 atom stereocenters. The summed E-state index contributed by atoms with van der Waals surface area (Å²) in [6.45, 7) is 0. The summed E-state index contributed by atoms with van der Waals surface area (Å²) in [6, 6.07) is 4.92. The first kappa shape index (κ1) is 21.5. The maximum atomic E-state index is 13.8. The lowest BCUT2D eigenvalue weighted by Gasteiger charge is -2.13. The first-order valence-corrected chi connectivity index (χ1v) is 8.57. The van der Waals surface area contributed by atoms with E-state index in [0.29, 0.717) is 23.1 Å². The number of carbonyl (C=O) groups excluding carboxylic acids is 1. The molecular weight excluding hydrogens is 405 g/mol. The molecule has 0 bridgehead atoms. The number of benzene rings is 2. The predicted molar refractivity (Wildman–Crippen MR) is 94.2 cm³/mol. The van der Waals surface area contributed by atoms with Gasteiger partial charge in [0.05, 0.1) is 24.7 Å². The van der Waals surface area contributed by atoms with E-state index in [1.165, 1.54) is 14.2 Å². The lowest BCUT2D eigenvalue weighted by atomic mass is 10.1. The van der Waals surface area contributed by atoms with Crippen LogP contribution in [0, 0.1) is 29.1 Å². The first-order valence-electron chi connectivity index (χ1n) is 7.58. The maximum absolute atomic E-state index is 13.8. The molecule has 0 unspecified atom stereocenters. The van der Waals surface area contributed by atoms with E-state index in [4.69, 9.17) is 15.2 Å². The molecule has 2 aromatic rings. The van der Waals surface area contributed by atoms with Gasteiger partial charge in [-0.1, -0.05) is 12.1 Å². The van der Waals surface area contributed by atoms with E-state index in [0.717, 1.165) is 11.8 Å². The van der Waals surface area contributed by atoms with Crippen molar-refractivity contribution in [2.75, 3.05) is 14.2 Å². The lowest BCUT2D eigenvalue weighted by Crippen LogP contribution is -2.13. The number of amides is 1. The quantitative estimate of drug-likeness (QED) is 0.317. The average molecular weight is 419 g/mol. The average Bonchev–Trinajstić information content (AvgIpc) is 2.69. The van der Waals surface area contributed by atoms with E-state index >= 15 is 0 Å². The predicted octanol–water partition coefficient (Wildman–Crippen LogP) is 4.16. The molecular formula is C18H14F5NO3S. The number of carbonyl (C=O) groups is 1. The van der Waals surface area contributed by atoms with Crippen molar-refractivity contribution >= 4 is 23.7 Å². The van der Waals surface area contributed by atoms with Crippen LogP contribution in [-0.4, -0.2) is 20.1 Å². The summed E-state index contributed by atoms with van der Waals surface area (Å²) in [5.41, 5.74) is 4.49. The lowest BCUT2D eigenvalue weighted by molar-refractivity contribution is -0.113. The summed E-state index contributed by atoms with van der Waals surface area (Å²) < 4.78 is 77.9. The van der Waals surface area contributed by atoms with Gasteiger partial charge in [-0.05, 0) is 12.1 Å². The molecule has 4 nitrogen and oxygen atoms in total. The van der Waals surface area contributed by atoms with Crippen LogP contribution in [0.1, 0.15) is 11.1 Å². The van der Waals surface area contributed by atoms with Crippen LogP contribution in [0.4, 0.5) is 22.0 Å². The molecule has 0 saturated heterocycles. The minimum Gasteiger partial charge on any atom is -0.493 e. The van der Waals surface area contributed by atoms with Crippen molar-refractivity contribution < 1.29 is 36.2 Å². The van der Waals surface area contributed by atoms with Gasteiger partial charge in [0.1, 0.15) is 0 Å². The Labute approximate surface area is 161 Å². The molecule has 2 rings (SSSR count). The number of hydrogen-bond donors (Lipinski definition) is 1. The third kappa shape index (κ3) is 4.22. The number of methoxy groups -OCH3 is 2. The van der Waals surface area contributed by atoms with Gasteiger partial charge >= 0.3 is 0 Å². The maximum Gasteiger partial charge on any atom is 0.255 e. The van der Waals surface area contributed by atoms with Crippen LogP contribution >= 0.6 is 11.8 Å². The van der Waals surface area contributed by atoms with Crippen LogP contribution in [0.2, 0.25) is 0 Å². The smallest absolute Gasteiger partial charge is 0.255 e. The zero-order chi connectivity index (χ0) is 21.0. The number of rotatable bonds is 7. The van der Waals surface area contributed by atoms with E-state index in [1.807, 2.05) is 0 Å². The van der Waals surface area contributed by atoms with Crippen molar-refractivity contribution in [2.24, 2.45) is 5.73 Å². The monoisotopic (exact) mass is 419 g/mol. The van der Waals surface area contributed by atoms with Crippen LogP contribution in [0.5, 0.6) is 11.5 Å². The molecule has 10 heteroatoms. The van der Waals surface area contributed by atoms with Gasteiger partial charge in [0, 0.05) is 11.3 Å². The Morgan fingerprint density at radius 2 is 1.57 bits per heavy atom. The van der Waals surface area contributed by atoms with Crippen LogP contribution in [0.3, 0.4) is 0 Å². The van der Waals surface area contributed by atoms with Gasteiger partial charge in [-0.15, -0.1) is 11.8 Å². The van der Waals surface area contributed by atoms with Crippen LogP contribution in [-0.2, 0) is 10.5 Å². The molecule has 150 valence electrons. The van der Waals surface area contributed by atoms with Crippen molar-refractivity contribution in [3.63, 3.8) is 0 Å². The number of hydrogen-bond acceptors (Lipinski definition) is 4. The molecule has 0 spiro atoms. The Balaban J connectivity index is 2.43. The summed E-state index contributed by atoms with van der Waals surface area (Å²) in [7, 11) is 2.82. The van der Waals surface area contributed by atoms with E-state index in [1.54, 1.807) is 18.2 Å². The molecule has 0 aliphatic rings. The highest BCUT2D eigenvalue weighted by Crippen LogP contribution is 2.35. The van der Waals surface area contributed by atoms with E-state index < -0.39 is 45.5 Å². The first-order chi connectivity index (χ1) is 13.2. The molecule has 2 N–H and O–H groups in total. The van der Waals surface area contributed by atoms with Crippen molar-refractivity contribution in [1.29, 1.82) is 0 Å². The van der Waals surface area contributed by atoms with Crippen molar-refractivity contribution in [3.8, 4) is 11.5 Å². The molecule has 2 aromatic carbocycles. The molecule has 0 radical (unpaired) electrons. The standard InChI is InChI=1S/C18H14F5NO3S/c1-26-10-5-3-4-8(17(10)27-2)7-28-11(18(24)25)6-9-12(19)14(21)16(23)15(22)13(9)20/h3-6H,7H2,1-2H3,(H2,24,25). The SMILES string of the molecule is COc1cccc(CSC(=Cc2c(F)c(F)c(F)c(F)c2F)C(N)=O)c1OC. The molecule has 0 aliphatic heterocycles. The largest absolute Gasteiger partial charge is 0.493 e. The fourth-order valence-corrected chi connectivity index (χ4v) is 3.17. The Morgan fingerprint density at radius 3 is 2.07 bits per heavy atom. The highest BCUT2D eigenvalue weighted by molar-refractivity contribution is 8.03. The number of ether oxygens (including phenoxy) is 2. The fraction of sp³-hybridized carbons (Fsp3) is 0.167. The highest BCUT2D eigenvalue weighted by Gasteiger charge is 2.25.